The van der Waals surface area contributed by atoms with Gasteiger partial charge in [-0.2, -0.15) is 0 Å². The second kappa shape index (κ2) is 5.87. The van der Waals surface area contributed by atoms with Crippen molar-refractivity contribution in [3.63, 3.8) is 0 Å². The molecule has 0 bridgehead atoms. The Morgan fingerprint density at radius 3 is 2.50 bits per heavy atom. The average Bonchev–Trinajstić information content (AvgIpc) is 2.27. The summed E-state index contributed by atoms with van der Waals surface area (Å²) in [6.07, 6.45) is -0.561. The lowest BCUT2D eigenvalue weighted by molar-refractivity contribution is -0.155. The van der Waals surface area contributed by atoms with Crippen LogP contribution in [0.5, 0.6) is 5.75 Å². The summed E-state index contributed by atoms with van der Waals surface area (Å²) >= 11 is 0. The van der Waals surface area contributed by atoms with Crippen LogP contribution in [0.2, 0.25) is 0 Å². The van der Waals surface area contributed by atoms with Gasteiger partial charge in [0.2, 0.25) is 0 Å². The molecule has 4 heteroatoms. The third-order valence-electron chi connectivity index (χ3n) is 2.47. The Morgan fingerprint density at radius 1 is 1.33 bits per heavy atom. The first-order chi connectivity index (χ1) is 8.30. The molecule has 0 amide bonds. The van der Waals surface area contributed by atoms with E-state index in [9.17, 15) is 15.0 Å². The van der Waals surface area contributed by atoms with E-state index in [4.69, 9.17) is 4.74 Å². The van der Waals surface area contributed by atoms with Crippen LogP contribution in [0.25, 0.3) is 0 Å². The Kier molecular flexibility index (Phi) is 4.73. The summed E-state index contributed by atoms with van der Waals surface area (Å²) < 4.78 is 5.01. The molecule has 0 fully saturated rings. The quantitative estimate of drug-likeness (QED) is 0.803. The van der Waals surface area contributed by atoms with Gasteiger partial charge in [0.05, 0.1) is 11.5 Å². The molecule has 1 unspecified atom stereocenters. The number of aromatic hydroxyl groups is 1. The summed E-state index contributed by atoms with van der Waals surface area (Å²) in [5.41, 5.74) is 0.0611. The molecule has 1 rings (SSSR count). The van der Waals surface area contributed by atoms with Crippen molar-refractivity contribution in [2.24, 2.45) is 5.41 Å². The minimum Gasteiger partial charge on any atom is -0.508 e. The molecule has 1 aromatic carbocycles. The van der Waals surface area contributed by atoms with Gasteiger partial charge in [-0.15, -0.1) is 0 Å². The molecular formula is C14H20O4. The molecule has 0 aliphatic carbocycles. The highest BCUT2D eigenvalue weighted by atomic mass is 16.5. The van der Waals surface area contributed by atoms with Gasteiger partial charge in [0.25, 0.3) is 0 Å². The molecule has 0 saturated heterocycles. The Bertz CT molecular complexity index is 407. The van der Waals surface area contributed by atoms with E-state index in [-0.39, 0.29) is 24.7 Å². The van der Waals surface area contributed by atoms with Crippen molar-refractivity contribution in [2.45, 2.75) is 33.3 Å². The van der Waals surface area contributed by atoms with Crippen molar-refractivity contribution >= 4 is 5.97 Å². The van der Waals surface area contributed by atoms with E-state index in [1.165, 1.54) is 0 Å². The number of para-hydroxylation sites is 1. The predicted molar refractivity (Wildman–Crippen MR) is 68.2 cm³/mol. The summed E-state index contributed by atoms with van der Waals surface area (Å²) in [4.78, 5) is 11.5. The lowest BCUT2D eigenvalue weighted by Crippen LogP contribution is -2.28. The number of ether oxygens (including phenoxy) is 1. The first-order valence-corrected chi connectivity index (χ1v) is 5.93. The zero-order chi connectivity index (χ0) is 13.8. The van der Waals surface area contributed by atoms with Crippen molar-refractivity contribution in [3.05, 3.63) is 29.8 Å². The van der Waals surface area contributed by atoms with Crippen molar-refractivity contribution in [1.82, 2.24) is 0 Å². The maximum Gasteiger partial charge on any atom is 0.311 e. The molecule has 4 nitrogen and oxygen atoms in total. The molecule has 0 radical (unpaired) electrons. The molecule has 100 valence electrons. The molecular weight excluding hydrogens is 232 g/mol. The summed E-state index contributed by atoms with van der Waals surface area (Å²) in [5.74, 6) is -0.211. The number of rotatable bonds is 4. The Balaban J connectivity index is 2.46. The summed E-state index contributed by atoms with van der Waals surface area (Å²) in [7, 11) is 0. The molecule has 1 atom stereocenters. The fourth-order valence-electron chi connectivity index (χ4n) is 1.38. The number of phenols is 1. The Morgan fingerprint density at radius 2 is 1.94 bits per heavy atom. The SMILES string of the molecule is CC(C)(C)C(=O)OCC(O)Cc1ccccc1O. The number of aliphatic hydroxyl groups excluding tert-OH is 1. The number of aliphatic hydroxyl groups is 1. The maximum atomic E-state index is 11.5. The fourth-order valence-corrected chi connectivity index (χ4v) is 1.38. The van der Waals surface area contributed by atoms with Gasteiger partial charge in [0.1, 0.15) is 12.4 Å². The minimum absolute atomic E-state index is 0.0650. The van der Waals surface area contributed by atoms with Crippen LogP contribution < -0.4 is 0 Å². The second-order valence-corrected chi connectivity index (χ2v) is 5.34. The Labute approximate surface area is 107 Å². The summed E-state index contributed by atoms with van der Waals surface area (Å²) in [5, 5.41) is 19.3. The van der Waals surface area contributed by atoms with E-state index in [0.717, 1.165) is 0 Å². The van der Waals surface area contributed by atoms with Crippen LogP contribution in [0.4, 0.5) is 0 Å². The van der Waals surface area contributed by atoms with Gasteiger partial charge >= 0.3 is 5.97 Å². The zero-order valence-electron chi connectivity index (χ0n) is 11.0. The molecule has 18 heavy (non-hydrogen) atoms. The van der Waals surface area contributed by atoms with Crippen molar-refractivity contribution in [3.8, 4) is 5.75 Å². The molecule has 0 aliphatic rings. The van der Waals surface area contributed by atoms with E-state index in [1.807, 2.05) is 0 Å². The second-order valence-electron chi connectivity index (χ2n) is 5.34. The monoisotopic (exact) mass is 252 g/mol. The van der Waals surface area contributed by atoms with E-state index in [1.54, 1.807) is 45.0 Å². The predicted octanol–water partition coefficient (Wildman–Crippen LogP) is 1.88. The van der Waals surface area contributed by atoms with Crippen LogP contribution in [-0.2, 0) is 16.0 Å². The fraction of sp³-hybridized carbons (Fsp3) is 0.500. The number of carbonyl (C=O) groups is 1. The van der Waals surface area contributed by atoms with Gasteiger partial charge in [-0.1, -0.05) is 18.2 Å². The van der Waals surface area contributed by atoms with Crippen LogP contribution in [0.15, 0.2) is 24.3 Å². The summed E-state index contributed by atoms with van der Waals surface area (Å²) in [6.45, 7) is 5.20. The zero-order valence-corrected chi connectivity index (χ0v) is 11.0. The van der Waals surface area contributed by atoms with E-state index in [2.05, 4.69) is 0 Å². The van der Waals surface area contributed by atoms with Gasteiger partial charge in [-0.25, -0.2) is 0 Å². The van der Waals surface area contributed by atoms with Gasteiger partial charge in [-0.3, -0.25) is 4.79 Å². The van der Waals surface area contributed by atoms with E-state index in [0.29, 0.717) is 5.56 Å². The molecule has 1 aromatic rings. The van der Waals surface area contributed by atoms with Crippen molar-refractivity contribution in [1.29, 1.82) is 0 Å². The first kappa shape index (κ1) is 14.5. The smallest absolute Gasteiger partial charge is 0.311 e. The van der Waals surface area contributed by atoms with E-state index >= 15 is 0 Å². The number of phenolic OH excluding ortho intramolecular Hbond substituents is 1. The van der Waals surface area contributed by atoms with Gasteiger partial charge in [0.15, 0.2) is 0 Å². The molecule has 0 aromatic heterocycles. The number of hydrogen-bond acceptors (Lipinski definition) is 4. The van der Waals surface area contributed by atoms with Crippen LogP contribution in [0, 0.1) is 5.41 Å². The third-order valence-corrected chi connectivity index (χ3v) is 2.47. The number of hydrogen-bond donors (Lipinski definition) is 2. The van der Waals surface area contributed by atoms with Crippen LogP contribution in [0.3, 0.4) is 0 Å². The van der Waals surface area contributed by atoms with Crippen LogP contribution in [0.1, 0.15) is 26.3 Å². The maximum absolute atomic E-state index is 11.5. The molecule has 0 heterocycles. The number of esters is 1. The number of carbonyl (C=O) groups excluding carboxylic acids is 1. The number of benzene rings is 1. The molecule has 0 saturated carbocycles. The highest BCUT2D eigenvalue weighted by Crippen LogP contribution is 2.18. The molecule has 0 aliphatic heterocycles. The summed E-state index contributed by atoms with van der Waals surface area (Å²) in [6, 6.07) is 6.78. The largest absolute Gasteiger partial charge is 0.508 e. The van der Waals surface area contributed by atoms with Crippen LogP contribution >= 0.6 is 0 Å². The highest BCUT2D eigenvalue weighted by Gasteiger charge is 2.24. The molecule has 2 N–H and O–H groups in total. The Hall–Kier alpha value is -1.55. The van der Waals surface area contributed by atoms with Gasteiger partial charge in [0, 0.05) is 6.42 Å². The lowest BCUT2D eigenvalue weighted by atomic mass is 9.97. The van der Waals surface area contributed by atoms with Crippen LogP contribution in [-0.4, -0.2) is 28.9 Å². The van der Waals surface area contributed by atoms with Gasteiger partial charge in [-0.05, 0) is 32.4 Å². The third kappa shape index (κ3) is 4.37. The normalized spacial score (nSPS) is 13.1. The first-order valence-electron chi connectivity index (χ1n) is 5.93. The average molecular weight is 252 g/mol. The molecule has 0 spiro atoms. The minimum atomic E-state index is -0.815. The van der Waals surface area contributed by atoms with Crippen molar-refractivity contribution < 1.29 is 19.7 Å². The highest BCUT2D eigenvalue weighted by molar-refractivity contribution is 5.75. The lowest BCUT2D eigenvalue weighted by Gasteiger charge is -2.18. The topological polar surface area (TPSA) is 66.8 Å². The van der Waals surface area contributed by atoms with E-state index < -0.39 is 11.5 Å². The van der Waals surface area contributed by atoms with Crippen molar-refractivity contribution in [2.75, 3.05) is 6.61 Å². The van der Waals surface area contributed by atoms with Gasteiger partial charge < -0.3 is 14.9 Å². The standard InChI is InChI=1S/C14H20O4/c1-14(2,3)13(17)18-9-11(15)8-10-6-4-5-7-12(10)16/h4-7,11,15-16H,8-9H2,1-3H3.